The third kappa shape index (κ3) is 3.83. The lowest BCUT2D eigenvalue weighted by molar-refractivity contribution is -0.122. The molecular weight excluding hydrogens is 446 g/mol. The molecule has 0 N–H and O–H groups in total. The third-order valence-electron chi connectivity index (χ3n) is 4.73. The number of amides is 1. The van der Waals surface area contributed by atoms with Crippen LogP contribution in [0.5, 0.6) is 11.6 Å². The number of carbonyl (C=O) groups excluding carboxylic acids is 1. The molecule has 158 valence electrons. The molecule has 4 aromatic rings. The summed E-state index contributed by atoms with van der Waals surface area (Å²) in [5, 5.41) is 0. The van der Waals surface area contributed by atoms with Gasteiger partial charge in [0.25, 0.3) is 11.5 Å². The first-order valence-corrected chi connectivity index (χ1v) is 10.8. The second-order valence-corrected chi connectivity index (χ2v) is 8.50. The zero-order valence-electron chi connectivity index (χ0n) is 16.5. The minimum atomic E-state index is -0.349. The number of carbonyl (C=O) groups is 1. The highest BCUT2D eigenvalue weighted by Crippen LogP contribution is 2.35. The number of hydrogen-bond donors (Lipinski definition) is 0. The van der Waals surface area contributed by atoms with Crippen LogP contribution in [0.1, 0.15) is 11.3 Å². The number of benzene rings is 1. The number of rotatable bonds is 5. The smallest absolute Gasteiger partial charge is 0.269 e. The zero-order valence-corrected chi connectivity index (χ0v) is 18.1. The predicted molar refractivity (Wildman–Crippen MR) is 125 cm³/mol. The quantitative estimate of drug-likeness (QED) is 0.320. The fourth-order valence-electron chi connectivity index (χ4n) is 3.21. The maximum atomic E-state index is 13.3. The fourth-order valence-corrected chi connectivity index (χ4v) is 4.45. The Balaban J connectivity index is 1.58. The number of thiocarbonyl (C=S) groups is 1. The highest BCUT2D eigenvalue weighted by molar-refractivity contribution is 8.26. The van der Waals surface area contributed by atoms with Crippen LogP contribution in [0.25, 0.3) is 11.7 Å². The zero-order chi connectivity index (χ0) is 22.1. The van der Waals surface area contributed by atoms with Gasteiger partial charge in [0.05, 0.1) is 17.7 Å². The van der Waals surface area contributed by atoms with Gasteiger partial charge in [-0.1, -0.05) is 48.2 Å². The van der Waals surface area contributed by atoms with Crippen LogP contribution in [0.15, 0.2) is 87.2 Å². The van der Waals surface area contributed by atoms with Crippen LogP contribution in [-0.4, -0.2) is 24.5 Å². The van der Waals surface area contributed by atoms with Gasteiger partial charge in [-0.05, 0) is 42.5 Å². The van der Waals surface area contributed by atoms with Crippen molar-refractivity contribution in [2.75, 3.05) is 0 Å². The van der Waals surface area contributed by atoms with E-state index in [-0.39, 0.29) is 29.5 Å². The van der Waals surface area contributed by atoms with Crippen LogP contribution < -0.4 is 10.3 Å². The van der Waals surface area contributed by atoms with Gasteiger partial charge in [-0.2, -0.15) is 4.98 Å². The maximum Gasteiger partial charge on any atom is 0.269 e. The van der Waals surface area contributed by atoms with Crippen molar-refractivity contribution < 1.29 is 13.9 Å². The molecule has 0 saturated carbocycles. The van der Waals surface area contributed by atoms with E-state index in [4.69, 9.17) is 21.4 Å². The molecule has 0 atom stereocenters. The molecule has 1 aromatic carbocycles. The van der Waals surface area contributed by atoms with Crippen LogP contribution in [-0.2, 0) is 11.3 Å². The Kier molecular flexibility index (Phi) is 5.34. The second kappa shape index (κ2) is 8.45. The summed E-state index contributed by atoms with van der Waals surface area (Å²) in [5.41, 5.74) is 0.250. The van der Waals surface area contributed by atoms with Gasteiger partial charge in [-0.15, -0.1) is 0 Å². The number of hydrogen-bond acceptors (Lipinski definition) is 7. The van der Waals surface area contributed by atoms with Crippen molar-refractivity contribution in [2.45, 2.75) is 6.54 Å². The van der Waals surface area contributed by atoms with Crippen molar-refractivity contribution in [3.8, 4) is 11.6 Å². The monoisotopic (exact) mass is 461 g/mol. The van der Waals surface area contributed by atoms with E-state index >= 15 is 0 Å². The van der Waals surface area contributed by atoms with Gasteiger partial charge in [0.2, 0.25) is 5.88 Å². The minimum Gasteiger partial charge on any atom is -0.467 e. The number of aromatic nitrogens is 2. The van der Waals surface area contributed by atoms with E-state index in [1.165, 1.54) is 21.6 Å². The molecular formula is C23H15N3O4S2. The third-order valence-corrected chi connectivity index (χ3v) is 6.11. The second-order valence-electron chi connectivity index (χ2n) is 6.83. The summed E-state index contributed by atoms with van der Waals surface area (Å²) in [6.07, 6.45) is 4.66. The van der Waals surface area contributed by atoms with Crippen LogP contribution >= 0.6 is 24.0 Å². The van der Waals surface area contributed by atoms with E-state index in [1.54, 1.807) is 48.7 Å². The number of pyridine rings is 1. The molecule has 0 radical (unpaired) electrons. The Morgan fingerprint density at radius 2 is 1.88 bits per heavy atom. The number of para-hydroxylation sites is 1. The highest BCUT2D eigenvalue weighted by atomic mass is 32.2. The van der Waals surface area contributed by atoms with Crippen molar-refractivity contribution >= 4 is 45.9 Å². The Hall–Kier alpha value is -3.69. The molecule has 0 aliphatic carbocycles. The van der Waals surface area contributed by atoms with Gasteiger partial charge in [0.1, 0.15) is 27.0 Å². The molecule has 0 spiro atoms. The van der Waals surface area contributed by atoms with Crippen LogP contribution in [0.2, 0.25) is 0 Å². The molecule has 1 amide bonds. The van der Waals surface area contributed by atoms with Crippen molar-refractivity contribution in [2.24, 2.45) is 0 Å². The standard InChI is InChI=1S/C23H15N3O4S2/c27-21-17(13-18-22(28)26(23(31)32-18)14-16-9-6-12-29-16)20(30-15-7-2-1-3-8-15)24-19-10-4-5-11-25(19)21/h1-13H,14H2. The molecule has 0 unspecified atom stereocenters. The largest absolute Gasteiger partial charge is 0.467 e. The lowest BCUT2D eigenvalue weighted by Gasteiger charge is -2.12. The van der Waals surface area contributed by atoms with E-state index in [0.717, 1.165) is 11.8 Å². The summed E-state index contributed by atoms with van der Waals surface area (Å²) in [5.74, 6) is 0.950. The Bertz CT molecular complexity index is 1410. The van der Waals surface area contributed by atoms with Crippen LogP contribution in [0.3, 0.4) is 0 Å². The lowest BCUT2D eigenvalue weighted by Crippen LogP contribution is -2.27. The van der Waals surface area contributed by atoms with Gasteiger partial charge in [-0.3, -0.25) is 18.9 Å². The van der Waals surface area contributed by atoms with Crippen molar-refractivity contribution in [3.63, 3.8) is 0 Å². The number of furan rings is 1. The number of fused-ring (bicyclic) bond motifs is 1. The maximum absolute atomic E-state index is 13.3. The van der Waals surface area contributed by atoms with E-state index in [9.17, 15) is 9.59 Å². The van der Waals surface area contributed by atoms with Gasteiger partial charge in [0.15, 0.2) is 0 Å². The van der Waals surface area contributed by atoms with Crippen LogP contribution in [0, 0.1) is 0 Å². The average molecular weight is 462 g/mol. The predicted octanol–water partition coefficient (Wildman–Crippen LogP) is 4.48. The van der Waals surface area contributed by atoms with Crippen molar-refractivity contribution in [1.82, 2.24) is 14.3 Å². The molecule has 4 heterocycles. The van der Waals surface area contributed by atoms with Gasteiger partial charge in [-0.25, -0.2) is 0 Å². The molecule has 7 nitrogen and oxygen atoms in total. The SMILES string of the molecule is O=C1C(=Cc2c(Oc3ccccc3)nc3ccccn3c2=O)SC(=S)N1Cc1ccco1. The van der Waals surface area contributed by atoms with E-state index in [2.05, 4.69) is 4.98 Å². The first-order chi connectivity index (χ1) is 15.6. The topological polar surface area (TPSA) is 77.0 Å². The summed E-state index contributed by atoms with van der Waals surface area (Å²) in [6.45, 7) is 0.220. The van der Waals surface area contributed by atoms with E-state index in [1.807, 2.05) is 18.2 Å². The Morgan fingerprint density at radius 1 is 1.06 bits per heavy atom. The number of ether oxygens (including phenoxy) is 1. The first kappa shape index (κ1) is 20.2. The van der Waals surface area contributed by atoms with E-state index < -0.39 is 0 Å². The summed E-state index contributed by atoms with van der Waals surface area (Å²) >= 11 is 6.51. The van der Waals surface area contributed by atoms with Crippen LogP contribution in [0.4, 0.5) is 0 Å². The van der Waals surface area contributed by atoms with Gasteiger partial charge < -0.3 is 9.15 Å². The number of nitrogens with zero attached hydrogens (tertiary/aromatic N) is 3. The van der Waals surface area contributed by atoms with Crippen molar-refractivity contribution in [1.29, 1.82) is 0 Å². The molecule has 1 aliphatic heterocycles. The Morgan fingerprint density at radius 3 is 2.66 bits per heavy atom. The first-order valence-electron chi connectivity index (χ1n) is 9.62. The average Bonchev–Trinajstić information content (AvgIpc) is 3.41. The van der Waals surface area contributed by atoms with Gasteiger partial charge in [0, 0.05) is 6.20 Å². The summed E-state index contributed by atoms with van der Waals surface area (Å²) in [7, 11) is 0. The van der Waals surface area contributed by atoms with Crippen molar-refractivity contribution in [3.05, 3.63) is 99.7 Å². The normalized spacial score (nSPS) is 15.1. The summed E-state index contributed by atoms with van der Waals surface area (Å²) in [6, 6.07) is 17.8. The summed E-state index contributed by atoms with van der Waals surface area (Å²) in [4.78, 5) is 32.6. The molecule has 0 bridgehead atoms. The van der Waals surface area contributed by atoms with E-state index in [0.29, 0.717) is 26.4 Å². The molecule has 9 heteroatoms. The minimum absolute atomic E-state index is 0.115. The molecule has 5 rings (SSSR count). The Labute approximate surface area is 191 Å². The highest BCUT2D eigenvalue weighted by Gasteiger charge is 2.33. The molecule has 1 fully saturated rings. The van der Waals surface area contributed by atoms with Gasteiger partial charge >= 0.3 is 0 Å². The summed E-state index contributed by atoms with van der Waals surface area (Å²) < 4.78 is 13.1. The molecule has 3 aromatic heterocycles. The molecule has 1 saturated heterocycles. The fraction of sp³-hybridized carbons (Fsp3) is 0.0435. The molecule has 1 aliphatic rings. The lowest BCUT2D eigenvalue weighted by atomic mass is 10.2. The molecule has 32 heavy (non-hydrogen) atoms. The number of thioether (sulfide) groups is 1.